The Labute approximate surface area is 257 Å². The van der Waals surface area contributed by atoms with Gasteiger partial charge in [-0.3, -0.25) is 9.78 Å². The Morgan fingerprint density at radius 2 is 1.63 bits per heavy atom. The third-order valence-electron chi connectivity index (χ3n) is 9.07. The monoisotopic (exact) mass is 588 g/mol. The molecule has 1 unspecified atom stereocenters. The van der Waals surface area contributed by atoms with E-state index in [-0.39, 0.29) is 11.9 Å². The summed E-state index contributed by atoms with van der Waals surface area (Å²) < 4.78 is 11.4. The fourth-order valence-electron chi connectivity index (χ4n) is 6.94. The molecule has 4 aromatic carbocycles. The SMILES string of the molecule is COc1cc2c(cc1OC)C(Cc1cccc3ccccc13)N(C(=O)CSc1c3c(nc4ccccc14)CCCC3)CC2. The second-order valence-corrected chi connectivity index (χ2v) is 12.5. The molecule has 6 heteroatoms. The van der Waals surface area contributed by atoms with Crippen molar-refractivity contribution >= 4 is 39.3 Å². The number of nitrogens with zero attached hydrogens (tertiary/aromatic N) is 2. The van der Waals surface area contributed by atoms with Gasteiger partial charge in [-0.2, -0.15) is 0 Å². The van der Waals surface area contributed by atoms with Crippen molar-refractivity contribution in [2.45, 2.75) is 49.5 Å². The van der Waals surface area contributed by atoms with Gasteiger partial charge in [-0.05, 0) is 89.8 Å². The van der Waals surface area contributed by atoms with E-state index in [2.05, 4.69) is 83.8 Å². The van der Waals surface area contributed by atoms with Crippen LogP contribution in [0.4, 0.5) is 0 Å². The molecule has 1 atom stereocenters. The number of para-hydroxylation sites is 1. The molecule has 0 fully saturated rings. The zero-order chi connectivity index (χ0) is 29.3. The maximum absolute atomic E-state index is 14.3. The Balaban J connectivity index is 1.25. The molecule has 0 radical (unpaired) electrons. The number of pyridine rings is 1. The van der Waals surface area contributed by atoms with Crippen molar-refractivity contribution in [2.75, 3.05) is 26.5 Å². The first-order valence-electron chi connectivity index (χ1n) is 15.2. The number of carbonyl (C=O) groups is 1. The number of amides is 1. The van der Waals surface area contributed by atoms with Crippen LogP contribution < -0.4 is 9.47 Å². The quantitative estimate of drug-likeness (QED) is 0.182. The highest BCUT2D eigenvalue weighted by Crippen LogP contribution is 2.41. The molecular weight excluding hydrogens is 552 g/mol. The number of carbonyl (C=O) groups excluding carboxylic acids is 1. The maximum atomic E-state index is 14.3. The number of fused-ring (bicyclic) bond motifs is 4. The van der Waals surface area contributed by atoms with Gasteiger partial charge in [0, 0.05) is 22.5 Å². The Kier molecular flexibility index (Phi) is 7.70. The Morgan fingerprint density at radius 3 is 2.49 bits per heavy atom. The van der Waals surface area contributed by atoms with E-state index in [1.165, 1.54) is 50.9 Å². The highest BCUT2D eigenvalue weighted by molar-refractivity contribution is 8.00. The van der Waals surface area contributed by atoms with E-state index in [9.17, 15) is 4.79 Å². The molecule has 43 heavy (non-hydrogen) atoms. The van der Waals surface area contributed by atoms with Gasteiger partial charge in [-0.25, -0.2) is 0 Å². The summed E-state index contributed by atoms with van der Waals surface area (Å²) in [7, 11) is 3.35. The largest absolute Gasteiger partial charge is 0.493 e. The molecule has 2 aliphatic rings. The molecule has 1 amide bonds. The molecule has 5 aromatic rings. The van der Waals surface area contributed by atoms with Crippen LogP contribution in [0.3, 0.4) is 0 Å². The third-order valence-corrected chi connectivity index (χ3v) is 10.2. The highest BCUT2D eigenvalue weighted by atomic mass is 32.2. The summed E-state index contributed by atoms with van der Waals surface area (Å²) in [6.07, 6.45) is 5.92. The van der Waals surface area contributed by atoms with Crippen LogP contribution in [-0.4, -0.2) is 42.3 Å². The van der Waals surface area contributed by atoms with Crippen LogP contribution in [0.5, 0.6) is 11.5 Å². The average molecular weight is 589 g/mol. The Bertz CT molecular complexity index is 1830. The lowest BCUT2D eigenvalue weighted by molar-refractivity contribution is -0.131. The second-order valence-electron chi connectivity index (χ2n) is 11.5. The predicted octanol–water partition coefficient (Wildman–Crippen LogP) is 7.74. The molecule has 1 aliphatic carbocycles. The van der Waals surface area contributed by atoms with E-state index in [1.807, 2.05) is 0 Å². The first-order chi connectivity index (χ1) is 21.1. The fraction of sp³-hybridized carbons (Fsp3) is 0.297. The van der Waals surface area contributed by atoms with E-state index < -0.39 is 0 Å². The molecule has 0 spiro atoms. The van der Waals surface area contributed by atoms with Crippen molar-refractivity contribution in [1.82, 2.24) is 9.88 Å². The van der Waals surface area contributed by atoms with E-state index in [4.69, 9.17) is 14.5 Å². The van der Waals surface area contributed by atoms with Gasteiger partial charge in [-0.15, -0.1) is 11.8 Å². The van der Waals surface area contributed by atoms with E-state index >= 15 is 0 Å². The van der Waals surface area contributed by atoms with Gasteiger partial charge in [0.15, 0.2) is 11.5 Å². The Hall–Kier alpha value is -4.03. The molecule has 2 heterocycles. The summed E-state index contributed by atoms with van der Waals surface area (Å²) in [6.45, 7) is 0.673. The van der Waals surface area contributed by atoms with Crippen LogP contribution in [0.2, 0.25) is 0 Å². The van der Waals surface area contributed by atoms with Gasteiger partial charge in [0.1, 0.15) is 0 Å². The minimum absolute atomic E-state index is 0.106. The lowest BCUT2D eigenvalue weighted by Gasteiger charge is -2.38. The van der Waals surface area contributed by atoms with Crippen molar-refractivity contribution in [3.05, 3.63) is 107 Å². The van der Waals surface area contributed by atoms with Crippen molar-refractivity contribution < 1.29 is 14.3 Å². The van der Waals surface area contributed by atoms with Crippen LogP contribution >= 0.6 is 11.8 Å². The number of aryl methyl sites for hydroxylation is 1. The summed E-state index contributed by atoms with van der Waals surface area (Å²) in [5, 5.41) is 3.61. The van der Waals surface area contributed by atoms with Crippen LogP contribution in [0.1, 0.15) is 46.8 Å². The summed E-state index contributed by atoms with van der Waals surface area (Å²) in [5.41, 5.74) is 7.18. The molecule has 1 aliphatic heterocycles. The van der Waals surface area contributed by atoms with Crippen molar-refractivity contribution in [3.8, 4) is 11.5 Å². The fourth-order valence-corrected chi connectivity index (χ4v) is 8.09. The molecule has 0 bridgehead atoms. The number of aromatic nitrogens is 1. The molecular formula is C37H36N2O3S. The zero-order valence-electron chi connectivity index (χ0n) is 24.8. The molecule has 0 saturated heterocycles. The Morgan fingerprint density at radius 1 is 0.884 bits per heavy atom. The predicted molar refractivity (Wildman–Crippen MR) is 174 cm³/mol. The maximum Gasteiger partial charge on any atom is 0.233 e. The van der Waals surface area contributed by atoms with E-state index in [0.717, 1.165) is 47.9 Å². The molecule has 0 N–H and O–H groups in total. The van der Waals surface area contributed by atoms with E-state index in [0.29, 0.717) is 18.0 Å². The summed E-state index contributed by atoms with van der Waals surface area (Å²) >= 11 is 1.70. The van der Waals surface area contributed by atoms with Gasteiger partial charge in [-0.1, -0.05) is 60.7 Å². The minimum atomic E-state index is -0.106. The van der Waals surface area contributed by atoms with Crippen molar-refractivity contribution in [1.29, 1.82) is 0 Å². The van der Waals surface area contributed by atoms with Crippen LogP contribution in [0, 0.1) is 0 Å². The number of thioether (sulfide) groups is 1. The molecule has 0 saturated carbocycles. The average Bonchev–Trinajstić information content (AvgIpc) is 3.06. The first-order valence-corrected chi connectivity index (χ1v) is 16.2. The number of hydrogen-bond acceptors (Lipinski definition) is 5. The molecule has 218 valence electrons. The summed E-state index contributed by atoms with van der Waals surface area (Å²) in [5.74, 6) is 1.99. The minimum Gasteiger partial charge on any atom is -0.493 e. The molecule has 1 aromatic heterocycles. The van der Waals surface area contributed by atoms with Crippen LogP contribution in [0.15, 0.2) is 83.8 Å². The lowest BCUT2D eigenvalue weighted by Crippen LogP contribution is -2.42. The summed E-state index contributed by atoms with van der Waals surface area (Å²) in [4.78, 5) is 22.6. The van der Waals surface area contributed by atoms with Gasteiger partial charge < -0.3 is 14.4 Å². The van der Waals surface area contributed by atoms with Crippen LogP contribution in [0.25, 0.3) is 21.7 Å². The van der Waals surface area contributed by atoms with Crippen molar-refractivity contribution in [2.24, 2.45) is 0 Å². The highest BCUT2D eigenvalue weighted by Gasteiger charge is 2.33. The van der Waals surface area contributed by atoms with Gasteiger partial charge in [0.05, 0.1) is 31.5 Å². The number of hydrogen-bond donors (Lipinski definition) is 0. The molecule has 7 rings (SSSR count). The topological polar surface area (TPSA) is 51.7 Å². The standard InChI is InChI=1S/C37H36N2O3S/c1-41-34-21-26-18-19-39(33(30(26)22-35(34)42-2)20-25-12-9-11-24-10-3-4-13-27(24)25)36(40)23-43-37-28-14-5-7-16-31(28)38-32-17-8-6-15-29(32)37/h3-5,7,9-14,16,21-22,33H,6,8,15,17-20,23H2,1-2H3. The normalized spacial score (nSPS) is 16.1. The van der Waals surface area contributed by atoms with Crippen molar-refractivity contribution in [3.63, 3.8) is 0 Å². The number of rotatable bonds is 7. The first kappa shape index (κ1) is 27.8. The van der Waals surface area contributed by atoms with Gasteiger partial charge in [0.25, 0.3) is 0 Å². The number of benzene rings is 4. The number of ether oxygens (including phenoxy) is 2. The third kappa shape index (κ3) is 5.22. The van der Waals surface area contributed by atoms with Gasteiger partial charge in [0.2, 0.25) is 5.91 Å². The smallest absolute Gasteiger partial charge is 0.233 e. The lowest BCUT2D eigenvalue weighted by atomic mass is 9.87. The second kappa shape index (κ2) is 11.9. The van der Waals surface area contributed by atoms with E-state index in [1.54, 1.807) is 26.0 Å². The van der Waals surface area contributed by atoms with Gasteiger partial charge >= 0.3 is 0 Å². The molecule has 5 nitrogen and oxygen atoms in total. The van der Waals surface area contributed by atoms with Crippen LogP contribution in [-0.2, 0) is 30.5 Å². The summed E-state index contributed by atoms with van der Waals surface area (Å²) in [6, 6.07) is 27.4. The number of methoxy groups -OCH3 is 2. The zero-order valence-corrected chi connectivity index (χ0v) is 25.6.